The zero-order valence-electron chi connectivity index (χ0n) is 25.1. The zero-order valence-corrected chi connectivity index (χ0v) is 25.9. The van der Waals surface area contributed by atoms with E-state index in [-0.39, 0.29) is 18.7 Å². The van der Waals surface area contributed by atoms with Crippen molar-refractivity contribution in [2.75, 3.05) is 32.3 Å². The third-order valence-electron chi connectivity index (χ3n) is 7.12. The first kappa shape index (κ1) is 33.7. The first-order chi connectivity index (χ1) is 19.1. The SMILES string of the molecule is CCCCCCCCCCCCCCCCOCC(COC(=O)c1cccc(CN2C=C(C)SC2)c1)OCC. The van der Waals surface area contributed by atoms with Gasteiger partial charge in [-0.1, -0.05) is 103 Å². The van der Waals surface area contributed by atoms with Crippen LogP contribution in [0.2, 0.25) is 0 Å². The fourth-order valence-corrected chi connectivity index (χ4v) is 5.64. The van der Waals surface area contributed by atoms with Gasteiger partial charge in [0, 0.05) is 26.0 Å². The highest BCUT2D eigenvalue weighted by molar-refractivity contribution is 8.03. The van der Waals surface area contributed by atoms with Gasteiger partial charge in [-0.2, -0.15) is 0 Å². The lowest BCUT2D eigenvalue weighted by Crippen LogP contribution is -2.27. The normalized spacial score (nSPS) is 14.0. The van der Waals surface area contributed by atoms with Gasteiger partial charge in [-0.3, -0.25) is 0 Å². The van der Waals surface area contributed by atoms with E-state index in [4.69, 9.17) is 14.2 Å². The highest BCUT2D eigenvalue weighted by atomic mass is 32.2. The number of unbranched alkanes of at least 4 members (excludes halogenated alkanes) is 13. The van der Waals surface area contributed by atoms with E-state index < -0.39 is 0 Å². The molecule has 6 heteroatoms. The van der Waals surface area contributed by atoms with E-state index in [1.807, 2.05) is 36.9 Å². The molecule has 0 bridgehead atoms. The number of thioether (sulfide) groups is 1. The van der Waals surface area contributed by atoms with Crippen molar-refractivity contribution in [2.24, 2.45) is 0 Å². The molecule has 1 heterocycles. The number of carbonyl (C=O) groups excluding carboxylic acids is 1. The molecule has 0 aliphatic carbocycles. The number of esters is 1. The van der Waals surface area contributed by atoms with Crippen molar-refractivity contribution in [3.8, 4) is 0 Å². The summed E-state index contributed by atoms with van der Waals surface area (Å²) in [6, 6.07) is 7.71. The van der Waals surface area contributed by atoms with Gasteiger partial charge in [-0.15, -0.1) is 11.8 Å². The minimum atomic E-state index is -0.309. The molecule has 0 aromatic heterocycles. The van der Waals surface area contributed by atoms with Crippen molar-refractivity contribution < 1.29 is 19.0 Å². The van der Waals surface area contributed by atoms with E-state index in [1.54, 1.807) is 0 Å². The van der Waals surface area contributed by atoms with Crippen LogP contribution in [-0.2, 0) is 20.8 Å². The van der Waals surface area contributed by atoms with Crippen LogP contribution in [0.15, 0.2) is 35.4 Å². The Kier molecular flexibility index (Phi) is 19.2. The lowest BCUT2D eigenvalue weighted by molar-refractivity contribution is -0.0465. The van der Waals surface area contributed by atoms with Crippen molar-refractivity contribution in [1.29, 1.82) is 0 Å². The number of carbonyl (C=O) groups is 1. The number of rotatable bonds is 24. The first-order valence-electron chi connectivity index (χ1n) is 15.6. The monoisotopic (exact) mass is 561 g/mol. The molecule has 2 rings (SSSR count). The van der Waals surface area contributed by atoms with Crippen LogP contribution in [0.1, 0.15) is 127 Å². The van der Waals surface area contributed by atoms with Crippen LogP contribution in [0.4, 0.5) is 0 Å². The lowest BCUT2D eigenvalue weighted by Gasteiger charge is -2.18. The molecule has 1 atom stereocenters. The molecule has 222 valence electrons. The van der Waals surface area contributed by atoms with E-state index in [1.165, 1.54) is 88.4 Å². The quantitative estimate of drug-likeness (QED) is 0.0926. The van der Waals surface area contributed by atoms with Crippen LogP contribution < -0.4 is 0 Å². The van der Waals surface area contributed by atoms with Crippen LogP contribution in [0, 0.1) is 0 Å². The molecule has 1 aliphatic rings. The molecule has 5 nitrogen and oxygen atoms in total. The second kappa shape index (κ2) is 22.2. The summed E-state index contributed by atoms with van der Waals surface area (Å²) in [4.78, 5) is 16.2. The molecule has 1 aliphatic heterocycles. The maximum atomic E-state index is 12.7. The van der Waals surface area contributed by atoms with Crippen molar-refractivity contribution >= 4 is 17.7 Å². The maximum absolute atomic E-state index is 12.7. The summed E-state index contributed by atoms with van der Waals surface area (Å²) < 4.78 is 17.2. The average Bonchev–Trinajstić information content (AvgIpc) is 3.35. The van der Waals surface area contributed by atoms with E-state index >= 15 is 0 Å². The van der Waals surface area contributed by atoms with Gasteiger partial charge in [0.1, 0.15) is 12.7 Å². The Morgan fingerprint density at radius 2 is 1.54 bits per heavy atom. The van der Waals surface area contributed by atoms with Gasteiger partial charge in [0.2, 0.25) is 0 Å². The Hall–Kier alpha value is -1.50. The van der Waals surface area contributed by atoms with Crippen LogP contribution in [-0.4, -0.2) is 49.3 Å². The van der Waals surface area contributed by atoms with Gasteiger partial charge in [0.15, 0.2) is 0 Å². The molecule has 1 unspecified atom stereocenters. The first-order valence-corrected chi connectivity index (χ1v) is 16.6. The topological polar surface area (TPSA) is 48.0 Å². The van der Waals surface area contributed by atoms with E-state index in [2.05, 4.69) is 31.0 Å². The minimum Gasteiger partial charge on any atom is -0.459 e. The number of nitrogens with zero attached hydrogens (tertiary/aromatic N) is 1. The zero-order chi connectivity index (χ0) is 28.0. The molecule has 0 amide bonds. The predicted molar refractivity (Wildman–Crippen MR) is 165 cm³/mol. The van der Waals surface area contributed by atoms with Gasteiger partial charge in [-0.25, -0.2) is 4.79 Å². The molecule has 0 fully saturated rings. The second-order valence-electron chi connectivity index (χ2n) is 10.8. The Balaban J connectivity index is 1.50. The summed E-state index contributed by atoms with van der Waals surface area (Å²) in [7, 11) is 0. The van der Waals surface area contributed by atoms with Crippen molar-refractivity contribution in [1.82, 2.24) is 4.90 Å². The highest BCUT2D eigenvalue weighted by Crippen LogP contribution is 2.26. The highest BCUT2D eigenvalue weighted by Gasteiger charge is 2.15. The van der Waals surface area contributed by atoms with Gasteiger partial charge >= 0.3 is 5.97 Å². The molecular formula is C33H55NO4S. The predicted octanol–water partition coefficient (Wildman–Crippen LogP) is 9.11. The Bertz CT molecular complexity index is 800. The van der Waals surface area contributed by atoms with E-state index in [0.717, 1.165) is 31.0 Å². The number of hydrogen-bond donors (Lipinski definition) is 0. The number of benzene rings is 1. The molecule has 0 saturated heterocycles. The minimum absolute atomic E-state index is 0.209. The van der Waals surface area contributed by atoms with Gasteiger partial charge < -0.3 is 19.1 Å². The molecule has 0 saturated carbocycles. The van der Waals surface area contributed by atoms with Crippen LogP contribution in [0.3, 0.4) is 0 Å². The fourth-order valence-electron chi connectivity index (χ4n) is 4.88. The van der Waals surface area contributed by atoms with Crippen LogP contribution in [0.25, 0.3) is 0 Å². The summed E-state index contributed by atoms with van der Waals surface area (Å²) >= 11 is 1.84. The van der Waals surface area contributed by atoms with Crippen LogP contribution >= 0.6 is 11.8 Å². The summed E-state index contributed by atoms with van der Waals surface area (Å²) in [5, 5.41) is 0. The van der Waals surface area contributed by atoms with Crippen molar-refractivity contribution in [3.63, 3.8) is 0 Å². The lowest BCUT2D eigenvalue weighted by atomic mass is 10.0. The van der Waals surface area contributed by atoms with Crippen molar-refractivity contribution in [3.05, 3.63) is 46.5 Å². The summed E-state index contributed by atoms with van der Waals surface area (Å²) in [6.45, 7) is 9.12. The number of allylic oxidation sites excluding steroid dienone is 1. The molecular weight excluding hydrogens is 506 g/mol. The largest absolute Gasteiger partial charge is 0.459 e. The Morgan fingerprint density at radius 3 is 2.13 bits per heavy atom. The van der Waals surface area contributed by atoms with Crippen molar-refractivity contribution in [2.45, 2.75) is 123 Å². The fraction of sp³-hybridized carbons (Fsp3) is 0.727. The summed E-state index contributed by atoms with van der Waals surface area (Å²) in [5.41, 5.74) is 1.69. The summed E-state index contributed by atoms with van der Waals surface area (Å²) in [6.07, 6.45) is 20.9. The molecule has 0 spiro atoms. The van der Waals surface area contributed by atoms with E-state index in [0.29, 0.717) is 18.8 Å². The molecule has 0 N–H and O–H groups in total. The Labute approximate surface area is 243 Å². The molecule has 1 aromatic carbocycles. The molecule has 0 radical (unpaired) electrons. The average molecular weight is 562 g/mol. The van der Waals surface area contributed by atoms with Gasteiger partial charge in [-0.05, 0) is 42.9 Å². The third-order valence-corrected chi connectivity index (χ3v) is 8.14. The molecule has 39 heavy (non-hydrogen) atoms. The Morgan fingerprint density at radius 1 is 0.897 bits per heavy atom. The van der Waals surface area contributed by atoms with Gasteiger partial charge in [0.25, 0.3) is 0 Å². The number of ether oxygens (including phenoxy) is 3. The maximum Gasteiger partial charge on any atom is 0.338 e. The van der Waals surface area contributed by atoms with E-state index in [9.17, 15) is 4.79 Å². The van der Waals surface area contributed by atoms with Gasteiger partial charge in [0.05, 0.1) is 18.0 Å². The molecule has 1 aromatic rings. The summed E-state index contributed by atoms with van der Waals surface area (Å²) in [5.74, 6) is 0.645. The smallest absolute Gasteiger partial charge is 0.338 e. The third kappa shape index (κ3) is 16.4. The number of hydrogen-bond acceptors (Lipinski definition) is 6. The standard InChI is InChI=1S/C33H55NO4S/c1-4-6-7-8-9-10-11-12-13-14-15-16-17-18-22-36-26-32(37-5-2)27-38-33(35)31-21-19-20-30(23-31)25-34-24-29(3)39-28-34/h19-21,23-24,32H,4-18,22,25-28H2,1-3H3. The second-order valence-corrected chi connectivity index (χ2v) is 12.0. The van der Waals surface area contributed by atoms with Crippen LogP contribution in [0.5, 0.6) is 0 Å².